The van der Waals surface area contributed by atoms with E-state index in [4.69, 9.17) is 16.3 Å². The van der Waals surface area contributed by atoms with Crippen molar-refractivity contribution in [3.8, 4) is 0 Å². The molecule has 2 aromatic rings. The van der Waals surface area contributed by atoms with Crippen LogP contribution < -0.4 is 10.6 Å². The number of amides is 1. The van der Waals surface area contributed by atoms with Gasteiger partial charge in [0.1, 0.15) is 5.82 Å². The normalized spacial score (nSPS) is 21.9. The Morgan fingerprint density at radius 2 is 1.97 bits per heavy atom. The summed E-state index contributed by atoms with van der Waals surface area (Å²) in [7, 11) is 0. The van der Waals surface area contributed by atoms with Gasteiger partial charge in [0.15, 0.2) is 11.7 Å². The number of nitrogens with one attached hydrogen (secondary N) is 2. The molecule has 0 aliphatic carbocycles. The largest absolute Gasteiger partial charge is 0.410 e. The molecule has 3 heterocycles. The van der Waals surface area contributed by atoms with E-state index < -0.39 is 24.2 Å². The molecule has 1 aromatic carbocycles. The molecule has 168 valence electrons. The Morgan fingerprint density at radius 1 is 1.26 bits per heavy atom. The van der Waals surface area contributed by atoms with Crippen LogP contribution in [-0.2, 0) is 4.74 Å². The van der Waals surface area contributed by atoms with E-state index in [-0.39, 0.29) is 17.9 Å². The summed E-state index contributed by atoms with van der Waals surface area (Å²) in [4.78, 5) is 14.6. The molecule has 7 nitrogen and oxygen atoms in total. The van der Waals surface area contributed by atoms with Crippen LogP contribution >= 0.6 is 11.6 Å². The molecule has 0 radical (unpaired) electrons. The Balaban J connectivity index is 1.48. The van der Waals surface area contributed by atoms with Gasteiger partial charge in [0.05, 0.1) is 19.3 Å². The minimum atomic E-state index is -4.50. The lowest BCUT2D eigenvalue weighted by Gasteiger charge is -2.33. The Kier molecular flexibility index (Phi) is 6.40. The van der Waals surface area contributed by atoms with E-state index >= 15 is 0 Å². The first kappa shape index (κ1) is 21.9. The van der Waals surface area contributed by atoms with Gasteiger partial charge in [0, 0.05) is 43.7 Å². The first-order valence-corrected chi connectivity index (χ1v) is 10.5. The van der Waals surface area contributed by atoms with Crippen molar-refractivity contribution >= 4 is 23.3 Å². The van der Waals surface area contributed by atoms with E-state index in [0.29, 0.717) is 36.9 Å². The molecule has 2 N–H and O–H groups in total. The number of rotatable bonds is 5. The highest BCUT2D eigenvalue weighted by Gasteiger charge is 2.46. The Hall–Kier alpha value is -2.30. The van der Waals surface area contributed by atoms with Crippen LogP contribution in [0, 0.1) is 0 Å². The Morgan fingerprint density at radius 3 is 2.65 bits per heavy atom. The summed E-state index contributed by atoms with van der Waals surface area (Å²) in [6, 6.07) is 5.62. The summed E-state index contributed by atoms with van der Waals surface area (Å²) in [5, 5.41) is 10.3. The third-order valence-electron chi connectivity index (χ3n) is 5.51. The van der Waals surface area contributed by atoms with E-state index in [1.807, 2.05) is 0 Å². The molecule has 0 saturated carbocycles. The van der Waals surface area contributed by atoms with Crippen molar-refractivity contribution in [1.29, 1.82) is 0 Å². The number of hydrogen-bond donors (Lipinski definition) is 2. The van der Waals surface area contributed by atoms with Gasteiger partial charge in [-0.1, -0.05) is 23.7 Å². The molecule has 1 amide bonds. The number of benzene rings is 1. The van der Waals surface area contributed by atoms with Gasteiger partial charge in [0.2, 0.25) is 0 Å². The molecule has 1 saturated heterocycles. The predicted octanol–water partition coefficient (Wildman–Crippen LogP) is 3.26. The zero-order chi connectivity index (χ0) is 22.0. The van der Waals surface area contributed by atoms with Crippen LogP contribution in [0.25, 0.3) is 0 Å². The maximum atomic E-state index is 13.8. The van der Waals surface area contributed by atoms with Crippen molar-refractivity contribution in [3.05, 3.63) is 46.6 Å². The second-order valence-electron chi connectivity index (χ2n) is 7.61. The maximum absolute atomic E-state index is 13.8. The zero-order valence-corrected chi connectivity index (χ0v) is 17.4. The van der Waals surface area contributed by atoms with Gasteiger partial charge in [-0.05, 0) is 17.7 Å². The van der Waals surface area contributed by atoms with Crippen molar-refractivity contribution in [2.45, 2.75) is 24.7 Å². The minimum Gasteiger partial charge on any atom is -0.379 e. The molecule has 0 unspecified atom stereocenters. The van der Waals surface area contributed by atoms with Gasteiger partial charge < -0.3 is 15.4 Å². The lowest BCUT2D eigenvalue weighted by atomic mass is 9.97. The average molecular weight is 458 g/mol. The van der Waals surface area contributed by atoms with E-state index in [9.17, 15) is 18.0 Å². The van der Waals surface area contributed by atoms with E-state index in [1.165, 1.54) is 6.07 Å². The number of nitrogens with zero attached hydrogens (tertiary/aromatic N) is 3. The number of alkyl halides is 3. The number of fused-ring (bicyclic) bond motifs is 1. The summed E-state index contributed by atoms with van der Waals surface area (Å²) in [6.07, 6.45) is -4.74. The van der Waals surface area contributed by atoms with Crippen LogP contribution in [0.2, 0.25) is 5.02 Å². The predicted molar refractivity (Wildman–Crippen MR) is 109 cm³/mol. The molecule has 0 spiro atoms. The smallest absolute Gasteiger partial charge is 0.379 e. The highest BCUT2D eigenvalue weighted by Crippen LogP contribution is 2.43. The first-order valence-electron chi connectivity index (χ1n) is 10.1. The van der Waals surface area contributed by atoms with Crippen molar-refractivity contribution in [1.82, 2.24) is 20.0 Å². The van der Waals surface area contributed by atoms with Crippen LogP contribution in [-0.4, -0.2) is 66.2 Å². The number of anilines is 1. The molecule has 2 aliphatic heterocycles. The maximum Gasteiger partial charge on any atom is 0.410 e. The molecule has 11 heteroatoms. The van der Waals surface area contributed by atoms with Gasteiger partial charge in [-0.2, -0.15) is 18.3 Å². The second-order valence-corrected chi connectivity index (χ2v) is 8.05. The fourth-order valence-corrected chi connectivity index (χ4v) is 3.97. The monoisotopic (exact) mass is 457 g/mol. The Bertz CT molecular complexity index is 913. The summed E-state index contributed by atoms with van der Waals surface area (Å²) in [5.74, 6) is -0.340. The minimum absolute atomic E-state index is 0.0458. The molecule has 1 fully saturated rings. The SMILES string of the molecule is O=C(NCCN1CCOCC1)c1cc2n(n1)[C@@H](C(F)(F)F)C[C@H](c1ccc(Cl)cc1)N2. The van der Waals surface area contributed by atoms with E-state index in [0.717, 1.165) is 17.8 Å². The molecule has 2 atom stereocenters. The topological polar surface area (TPSA) is 71.4 Å². The van der Waals surface area contributed by atoms with Crippen LogP contribution in [0.15, 0.2) is 30.3 Å². The highest BCUT2D eigenvalue weighted by atomic mass is 35.5. The molecular formula is C20H23ClF3N5O2. The molecule has 1 aromatic heterocycles. The number of aromatic nitrogens is 2. The molecule has 2 aliphatic rings. The van der Waals surface area contributed by atoms with Gasteiger partial charge >= 0.3 is 6.18 Å². The fraction of sp³-hybridized carbons (Fsp3) is 0.500. The van der Waals surface area contributed by atoms with Crippen LogP contribution in [0.5, 0.6) is 0 Å². The molecular weight excluding hydrogens is 435 g/mol. The third-order valence-corrected chi connectivity index (χ3v) is 5.76. The van der Waals surface area contributed by atoms with E-state index in [2.05, 4.69) is 20.6 Å². The highest BCUT2D eigenvalue weighted by molar-refractivity contribution is 6.30. The quantitative estimate of drug-likeness (QED) is 0.721. The van der Waals surface area contributed by atoms with Gasteiger partial charge in [-0.3, -0.25) is 9.69 Å². The number of carbonyl (C=O) groups is 1. The number of morpholine rings is 1. The fourth-order valence-electron chi connectivity index (χ4n) is 3.84. The summed E-state index contributed by atoms with van der Waals surface area (Å²) in [5.41, 5.74) is 0.637. The lowest BCUT2D eigenvalue weighted by molar-refractivity contribution is -0.173. The standard InChI is InChI=1S/C20H23ClF3N5O2/c21-14-3-1-13(2-4-14)15-11-17(20(22,23)24)29-18(26-15)12-16(27-29)19(30)25-5-6-28-7-9-31-10-8-28/h1-4,12,15,17,26H,5-11H2,(H,25,30)/t15-,17-/m1/s1. The Labute approximate surface area is 182 Å². The zero-order valence-electron chi connectivity index (χ0n) is 16.7. The average Bonchev–Trinajstić information content (AvgIpc) is 3.18. The number of hydrogen-bond acceptors (Lipinski definition) is 5. The third kappa shape index (κ3) is 5.13. The summed E-state index contributed by atoms with van der Waals surface area (Å²) >= 11 is 5.89. The molecule has 4 rings (SSSR count). The van der Waals surface area contributed by atoms with Gasteiger partial charge in [-0.15, -0.1) is 0 Å². The first-order chi connectivity index (χ1) is 14.8. The van der Waals surface area contributed by atoms with Crippen molar-refractivity contribution in [2.24, 2.45) is 0 Å². The van der Waals surface area contributed by atoms with Crippen LogP contribution in [0.3, 0.4) is 0 Å². The van der Waals surface area contributed by atoms with Crippen molar-refractivity contribution < 1.29 is 22.7 Å². The number of carbonyl (C=O) groups excluding carboxylic acids is 1. The number of halogens is 4. The van der Waals surface area contributed by atoms with Gasteiger partial charge in [0.25, 0.3) is 5.91 Å². The second kappa shape index (κ2) is 9.05. The molecule has 31 heavy (non-hydrogen) atoms. The van der Waals surface area contributed by atoms with Gasteiger partial charge in [-0.25, -0.2) is 4.68 Å². The lowest BCUT2D eigenvalue weighted by Crippen LogP contribution is -2.41. The summed E-state index contributed by atoms with van der Waals surface area (Å²) < 4.78 is 47.4. The van der Waals surface area contributed by atoms with E-state index in [1.54, 1.807) is 24.3 Å². The van der Waals surface area contributed by atoms with Crippen molar-refractivity contribution in [3.63, 3.8) is 0 Å². The van der Waals surface area contributed by atoms with Crippen molar-refractivity contribution in [2.75, 3.05) is 44.7 Å². The van der Waals surface area contributed by atoms with Crippen LogP contribution in [0.1, 0.15) is 34.6 Å². The number of ether oxygens (including phenoxy) is 1. The molecule has 0 bridgehead atoms. The van der Waals surface area contributed by atoms with Crippen LogP contribution in [0.4, 0.5) is 19.0 Å². The summed E-state index contributed by atoms with van der Waals surface area (Å²) in [6.45, 7) is 3.91.